The van der Waals surface area contributed by atoms with Crippen molar-refractivity contribution in [2.24, 2.45) is 0 Å². The van der Waals surface area contributed by atoms with Gasteiger partial charge in [0.05, 0.1) is 6.42 Å². The zero-order valence-corrected chi connectivity index (χ0v) is 18.1. The number of rotatable bonds is 8. The van der Waals surface area contributed by atoms with E-state index >= 15 is 0 Å². The predicted molar refractivity (Wildman–Crippen MR) is 124 cm³/mol. The van der Waals surface area contributed by atoms with Gasteiger partial charge in [0.1, 0.15) is 18.4 Å². The van der Waals surface area contributed by atoms with Crippen LogP contribution in [-0.4, -0.2) is 29.3 Å². The first-order valence-electron chi connectivity index (χ1n) is 11.1. The highest BCUT2D eigenvalue weighted by Crippen LogP contribution is 2.20. The number of nitrogens with one attached hydrogen (secondary N) is 1. The van der Waals surface area contributed by atoms with Gasteiger partial charge < -0.3 is 15.0 Å². The molecule has 3 aromatic rings. The Labute approximate surface area is 189 Å². The third-order valence-electron chi connectivity index (χ3n) is 5.69. The molecule has 32 heavy (non-hydrogen) atoms. The monoisotopic (exact) mass is 428 g/mol. The van der Waals surface area contributed by atoms with Gasteiger partial charge in [0.2, 0.25) is 11.8 Å². The van der Waals surface area contributed by atoms with Crippen molar-refractivity contribution in [1.82, 2.24) is 10.2 Å². The molecule has 1 N–H and O–H groups in total. The Kier molecular flexibility index (Phi) is 7.18. The molecule has 0 radical (unpaired) electrons. The molecule has 0 bridgehead atoms. The van der Waals surface area contributed by atoms with Crippen LogP contribution < -0.4 is 10.1 Å². The molecular weight excluding hydrogens is 400 g/mol. The van der Waals surface area contributed by atoms with Crippen LogP contribution in [0, 0.1) is 0 Å². The summed E-state index contributed by atoms with van der Waals surface area (Å²) >= 11 is 0. The molecule has 3 aromatic carbocycles. The van der Waals surface area contributed by atoms with Crippen molar-refractivity contribution in [3.63, 3.8) is 0 Å². The van der Waals surface area contributed by atoms with E-state index in [1.807, 2.05) is 84.9 Å². The molecule has 0 aliphatic carbocycles. The van der Waals surface area contributed by atoms with Crippen molar-refractivity contribution in [3.05, 3.63) is 102 Å². The minimum Gasteiger partial charge on any atom is -0.489 e. The summed E-state index contributed by atoms with van der Waals surface area (Å²) in [7, 11) is 0. The van der Waals surface area contributed by atoms with Gasteiger partial charge in [-0.25, -0.2) is 0 Å². The maximum absolute atomic E-state index is 12.8. The summed E-state index contributed by atoms with van der Waals surface area (Å²) in [5.41, 5.74) is 3.03. The Morgan fingerprint density at radius 3 is 2.31 bits per heavy atom. The lowest BCUT2D eigenvalue weighted by Gasteiger charge is -2.24. The number of hydrogen-bond donors (Lipinski definition) is 1. The molecular formula is C27H28N2O3. The molecule has 1 atom stereocenters. The standard InChI is InChI=1S/C27H28N2O3/c30-26(18-21-9-3-1-4-10-21)29-16-8-15-25(29)27(31)28-19-23-13-7-14-24(17-23)32-20-22-11-5-2-6-12-22/h1-7,9-14,17,25H,8,15-16,18-20H2,(H,28,31). The summed E-state index contributed by atoms with van der Waals surface area (Å²) in [6.07, 6.45) is 1.87. The summed E-state index contributed by atoms with van der Waals surface area (Å²) in [4.78, 5) is 27.3. The van der Waals surface area contributed by atoms with E-state index in [0.717, 1.165) is 28.9 Å². The van der Waals surface area contributed by atoms with Crippen LogP contribution in [0.4, 0.5) is 0 Å². The lowest BCUT2D eigenvalue weighted by Crippen LogP contribution is -2.46. The number of amides is 2. The van der Waals surface area contributed by atoms with Gasteiger partial charge in [-0.1, -0.05) is 72.8 Å². The highest BCUT2D eigenvalue weighted by Gasteiger charge is 2.33. The SMILES string of the molecule is O=C(NCc1cccc(OCc2ccccc2)c1)C1CCCN1C(=O)Cc1ccccc1. The quantitative estimate of drug-likeness (QED) is 0.587. The molecule has 0 spiro atoms. The molecule has 0 saturated carbocycles. The molecule has 1 aliphatic heterocycles. The maximum atomic E-state index is 12.8. The zero-order valence-electron chi connectivity index (χ0n) is 18.1. The number of carbonyl (C=O) groups is 2. The van der Waals surface area contributed by atoms with Gasteiger partial charge in [-0.05, 0) is 41.7 Å². The fourth-order valence-electron chi connectivity index (χ4n) is 4.00. The topological polar surface area (TPSA) is 58.6 Å². The number of nitrogens with zero attached hydrogens (tertiary/aromatic N) is 1. The lowest BCUT2D eigenvalue weighted by molar-refractivity contribution is -0.138. The second kappa shape index (κ2) is 10.6. The van der Waals surface area contributed by atoms with Crippen LogP contribution in [-0.2, 0) is 29.2 Å². The van der Waals surface area contributed by atoms with Crippen LogP contribution in [0.3, 0.4) is 0 Å². The smallest absolute Gasteiger partial charge is 0.243 e. The van der Waals surface area contributed by atoms with Crippen LogP contribution in [0.1, 0.15) is 29.5 Å². The molecule has 4 rings (SSSR count). The first-order valence-corrected chi connectivity index (χ1v) is 11.1. The fourth-order valence-corrected chi connectivity index (χ4v) is 4.00. The van der Waals surface area contributed by atoms with E-state index < -0.39 is 6.04 Å². The van der Waals surface area contributed by atoms with Crippen LogP contribution >= 0.6 is 0 Å². The first kappa shape index (κ1) is 21.6. The van der Waals surface area contributed by atoms with E-state index in [1.54, 1.807) is 4.90 Å². The minimum absolute atomic E-state index is 0.00478. The van der Waals surface area contributed by atoms with Crippen molar-refractivity contribution in [2.75, 3.05) is 6.54 Å². The molecule has 0 aromatic heterocycles. The van der Waals surface area contributed by atoms with Gasteiger partial charge in [0.25, 0.3) is 0 Å². The number of likely N-dealkylation sites (tertiary alicyclic amines) is 1. The molecule has 5 heteroatoms. The van der Waals surface area contributed by atoms with Crippen molar-refractivity contribution in [1.29, 1.82) is 0 Å². The molecule has 164 valence electrons. The van der Waals surface area contributed by atoms with Crippen LogP contribution in [0.25, 0.3) is 0 Å². The second-order valence-corrected chi connectivity index (χ2v) is 8.05. The molecule has 1 fully saturated rings. The van der Waals surface area contributed by atoms with Crippen LogP contribution in [0.5, 0.6) is 5.75 Å². The molecule has 5 nitrogen and oxygen atoms in total. The Bertz CT molecular complexity index is 1040. The van der Waals surface area contributed by atoms with Crippen LogP contribution in [0.2, 0.25) is 0 Å². The highest BCUT2D eigenvalue weighted by atomic mass is 16.5. The predicted octanol–water partition coefficient (Wildman–Crippen LogP) is 4.12. The summed E-state index contributed by atoms with van der Waals surface area (Å²) in [6.45, 7) is 1.53. The Morgan fingerprint density at radius 2 is 1.56 bits per heavy atom. The van der Waals surface area contributed by atoms with Crippen molar-refractivity contribution in [3.8, 4) is 5.75 Å². The number of benzene rings is 3. The summed E-state index contributed by atoms with van der Waals surface area (Å²) in [6, 6.07) is 27.0. The molecule has 1 saturated heterocycles. The average molecular weight is 429 g/mol. The minimum atomic E-state index is -0.399. The third kappa shape index (κ3) is 5.76. The fraction of sp³-hybridized carbons (Fsp3) is 0.259. The van der Waals surface area contributed by atoms with E-state index in [4.69, 9.17) is 4.74 Å². The van der Waals surface area contributed by atoms with Gasteiger partial charge in [0.15, 0.2) is 0 Å². The largest absolute Gasteiger partial charge is 0.489 e. The summed E-state index contributed by atoms with van der Waals surface area (Å²) in [5, 5.41) is 3.00. The van der Waals surface area contributed by atoms with Crippen molar-refractivity contribution in [2.45, 2.75) is 38.5 Å². The Balaban J connectivity index is 1.30. The van der Waals surface area contributed by atoms with Gasteiger partial charge in [-0.15, -0.1) is 0 Å². The lowest BCUT2D eigenvalue weighted by atomic mass is 10.1. The Hall–Kier alpha value is -3.60. The molecule has 1 aliphatic rings. The van der Waals surface area contributed by atoms with Gasteiger partial charge in [0, 0.05) is 13.1 Å². The summed E-state index contributed by atoms with van der Waals surface area (Å²) < 4.78 is 5.88. The maximum Gasteiger partial charge on any atom is 0.243 e. The van der Waals surface area contributed by atoms with E-state index in [9.17, 15) is 9.59 Å². The molecule has 1 heterocycles. The summed E-state index contributed by atoms with van der Waals surface area (Å²) in [5.74, 6) is 0.672. The number of carbonyl (C=O) groups excluding carboxylic acids is 2. The van der Waals surface area contributed by atoms with Crippen LogP contribution in [0.15, 0.2) is 84.9 Å². The molecule has 1 unspecified atom stereocenters. The second-order valence-electron chi connectivity index (χ2n) is 8.05. The van der Waals surface area contributed by atoms with Gasteiger partial charge in [-0.3, -0.25) is 9.59 Å². The van der Waals surface area contributed by atoms with E-state index in [0.29, 0.717) is 32.5 Å². The van der Waals surface area contributed by atoms with Crippen molar-refractivity contribution < 1.29 is 14.3 Å². The molecule has 2 amide bonds. The Morgan fingerprint density at radius 1 is 0.875 bits per heavy atom. The normalized spacial score (nSPS) is 15.4. The third-order valence-corrected chi connectivity index (χ3v) is 5.69. The zero-order chi connectivity index (χ0) is 22.2. The van der Waals surface area contributed by atoms with Crippen molar-refractivity contribution >= 4 is 11.8 Å². The number of ether oxygens (including phenoxy) is 1. The average Bonchev–Trinajstić information content (AvgIpc) is 3.33. The highest BCUT2D eigenvalue weighted by molar-refractivity contribution is 5.89. The van der Waals surface area contributed by atoms with E-state index in [2.05, 4.69) is 5.32 Å². The van der Waals surface area contributed by atoms with E-state index in [1.165, 1.54) is 0 Å². The first-order chi connectivity index (χ1) is 15.7. The van der Waals surface area contributed by atoms with Gasteiger partial charge >= 0.3 is 0 Å². The van der Waals surface area contributed by atoms with E-state index in [-0.39, 0.29) is 11.8 Å². The number of hydrogen-bond acceptors (Lipinski definition) is 3. The van der Waals surface area contributed by atoms with Gasteiger partial charge in [-0.2, -0.15) is 0 Å².